The van der Waals surface area contributed by atoms with E-state index in [0.29, 0.717) is 19.5 Å². The van der Waals surface area contributed by atoms with Gasteiger partial charge in [-0.2, -0.15) is 0 Å². The fraction of sp³-hybridized carbons (Fsp3) is 0.818. The summed E-state index contributed by atoms with van der Waals surface area (Å²) in [4.78, 5) is 21.9. The molecule has 0 aliphatic rings. The number of nitrogens with two attached hydrogens (primary N) is 1. The molecule has 15 heavy (non-hydrogen) atoms. The summed E-state index contributed by atoms with van der Waals surface area (Å²) >= 11 is 0. The summed E-state index contributed by atoms with van der Waals surface area (Å²) in [5, 5.41) is 3.10. The standard InChI is InChI=1S/C11H22N2O2/c1-9(14)6-8-13-11(10(2)15)5-3-4-7-12/h11,13H,3-8,12H2,1-2H3/t11-/m0/s1. The molecule has 0 saturated heterocycles. The van der Waals surface area contributed by atoms with Crippen LogP contribution >= 0.6 is 0 Å². The second-order valence-electron chi connectivity index (χ2n) is 3.85. The Morgan fingerprint density at radius 1 is 1.27 bits per heavy atom. The van der Waals surface area contributed by atoms with Gasteiger partial charge in [-0.1, -0.05) is 6.42 Å². The van der Waals surface area contributed by atoms with Gasteiger partial charge in [0.25, 0.3) is 0 Å². The molecule has 0 aromatic rings. The van der Waals surface area contributed by atoms with Crippen LogP contribution in [0, 0.1) is 0 Å². The molecule has 0 aromatic carbocycles. The molecule has 0 radical (unpaired) electrons. The minimum absolute atomic E-state index is 0.115. The van der Waals surface area contributed by atoms with Crippen LogP contribution in [0.15, 0.2) is 0 Å². The predicted molar refractivity (Wildman–Crippen MR) is 60.7 cm³/mol. The van der Waals surface area contributed by atoms with E-state index in [-0.39, 0.29) is 17.6 Å². The summed E-state index contributed by atoms with van der Waals surface area (Å²) in [6, 6.07) is -0.115. The van der Waals surface area contributed by atoms with Crippen LogP contribution in [-0.4, -0.2) is 30.7 Å². The number of nitrogens with one attached hydrogen (secondary N) is 1. The number of carbonyl (C=O) groups is 2. The third kappa shape index (κ3) is 8.27. The Hall–Kier alpha value is -0.740. The average molecular weight is 214 g/mol. The van der Waals surface area contributed by atoms with E-state index in [1.165, 1.54) is 0 Å². The maximum atomic E-state index is 11.2. The molecular weight excluding hydrogens is 192 g/mol. The Morgan fingerprint density at radius 3 is 2.40 bits per heavy atom. The van der Waals surface area contributed by atoms with Gasteiger partial charge in [-0.3, -0.25) is 9.59 Å². The molecular formula is C11H22N2O2. The Bertz CT molecular complexity index is 205. The van der Waals surface area contributed by atoms with Crippen LogP contribution in [-0.2, 0) is 9.59 Å². The van der Waals surface area contributed by atoms with Crippen molar-refractivity contribution in [2.45, 2.75) is 45.6 Å². The number of carbonyl (C=O) groups excluding carboxylic acids is 2. The third-order valence-corrected chi connectivity index (χ3v) is 2.31. The highest BCUT2D eigenvalue weighted by Crippen LogP contribution is 2.01. The van der Waals surface area contributed by atoms with Gasteiger partial charge in [0.15, 0.2) is 0 Å². The lowest BCUT2D eigenvalue weighted by Crippen LogP contribution is -2.36. The molecule has 0 bridgehead atoms. The fourth-order valence-corrected chi connectivity index (χ4v) is 1.36. The summed E-state index contributed by atoms with van der Waals surface area (Å²) in [6.45, 7) is 4.38. The molecule has 0 aliphatic carbocycles. The smallest absolute Gasteiger partial charge is 0.146 e. The van der Waals surface area contributed by atoms with Gasteiger partial charge in [0.1, 0.15) is 11.6 Å². The minimum atomic E-state index is -0.115. The van der Waals surface area contributed by atoms with E-state index in [1.807, 2.05) is 0 Å². The number of rotatable bonds is 9. The number of hydrogen-bond acceptors (Lipinski definition) is 4. The molecule has 0 unspecified atom stereocenters. The number of hydrogen-bond donors (Lipinski definition) is 2. The van der Waals surface area contributed by atoms with E-state index in [0.717, 1.165) is 19.3 Å². The Kier molecular flexibility index (Phi) is 8.14. The molecule has 0 aromatic heterocycles. The van der Waals surface area contributed by atoms with Crippen molar-refractivity contribution in [2.75, 3.05) is 13.1 Å². The highest BCUT2D eigenvalue weighted by molar-refractivity contribution is 5.81. The van der Waals surface area contributed by atoms with Crippen LogP contribution in [0.1, 0.15) is 39.5 Å². The van der Waals surface area contributed by atoms with E-state index in [4.69, 9.17) is 5.73 Å². The number of unbranched alkanes of at least 4 members (excludes halogenated alkanes) is 1. The fourth-order valence-electron chi connectivity index (χ4n) is 1.36. The van der Waals surface area contributed by atoms with Crippen molar-refractivity contribution in [3.8, 4) is 0 Å². The maximum Gasteiger partial charge on any atom is 0.146 e. The molecule has 0 aliphatic heterocycles. The quantitative estimate of drug-likeness (QED) is 0.553. The van der Waals surface area contributed by atoms with Crippen molar-refractivity contribution in [1.29, 1.82) is 0 Å². The molecule has 0 spiro atoms. The van der Waals surface area contributed by atoms with Crippen LogP contribution < -0.4 is 11.1 Å². The van der Waals surface area contributed by atoms with Gasteiger partial charge in [-0.05, 0) is 33.2 Å². The molecule has 4 nitrogen and oxygen atoms in total. The van der Waals surface area contributed by atoms with E-state index >= 15 is 0 Å². The van der Waals surface area contributed by atoms with Gasteiger partial charge in [0.05, 0.1) is 6.04 Å². The zero-order chi connectivity index (χ0) is 11.7. The molecule has 4 heteroatoms. The summed E-state index contributed by atoms with van der Waals surface area (Å²) in [6.07, 6.45) is 3.19. The molecule has 3 N–H and O–H groups in total. The van der Waals surface area contributed by atoms with Crippen molar-refractivity contribution >= 4 is 11.6 Å². The van der Waals surface area contributed by atoms with Crippen LogP contribution in [0.25, 0.3) is 0 Å². The van der Waals surface area contributed by atoms with Gasteiger partial charge in [-0.25, -0.2) is 0 Å². The van der Waals surface area contributed by atoms with E-state index < -0.39 is 0 Å². The first-order valence-corrected chi connectivity index (χ1v) is 5.51. The van der Waals surface area contributed by atoms with Crippen molar-refractivity contribution < 1.29 is 9.59 Å². The monoisotopic (exact) mass is 214 g/mol. The van der Waals surface area contributed by atoms with Crippen LogP contribution in [0.4, 0.5) is 0 Å². The maximum absolute atomic E-state index is 11.2. The van der Waals surface area contributed by atoms with Crippen LogP contribution in [0.3, 0.4) is 0 Å². The zero-order valence-corrected chi connectivity index (χ0v) is 9.71. The molecule has 0 saturated carbocycles. The average Bonchev–Trinajstić information content (AvgIpc) is 2.15. The Labute approximate surface area is 91.6 Å². The number of Topliss-reactive ketones (excluding diaryl/α,β-unsaturated/α-hetero) is 2. The second kappa shape index (κ2) is 8.56. The van der Waals surface area contributed by atoms with E-state index in [2.05, 4.69) is 5.32 Å². The number of ketones is 2. The SMILES string of the molecule is CC(=O)CCN[C@@H](CCCCN)C(C)=O. The second-order valence-corrected chi connectivity index (χ2v) is 3.85. The molecule has 0 rings (SSSR count). The largest absolute Gasteiger partial charge is 0.330 e. The molecule has 1 atom stereocenters. The first-order valence-electron chi connectivity index (χ1n) is 5.51. The summed E-state index contributed by atoms with van der Waals surface area (Å²) < 4.78 is 0. The first kappa shape index (κ1) is 14.3. The Balaban J connectivity index is 3.73. The lowest BCUT2D eigenvalue weighted by molar-refractivity contribution is -0.120. The van der Waals surface area contributed by atoms with Gasteiger partial charge >= 0.3 is 0 Å². The molecule has 0 heterocycles. The summed E-state index contributed by atoms with van der Waals surface area (Å²) in [7, 11) is 0. The highest BCUT2D eigenvalue weighted by Gasteiger charge is 2.12. The lowest BCUT2D eigenvalue weighted by Gasteiger charge is -2.14. The summed E-state index contributed by atoms with van der Waals surface area (Å²) in [5.74, 6) is 0.280. The van der Waals surface area contributed by atoms with Crippen molar-refractivity contribution in [2.24, 2.45) is 5.73 Å². The third-order valence-electron chi connectivity index (χ3n) is 2.31. The van der Waals surface area contributed by atoms with Gasteiger partial charge in [-0.15, -0.1) is 0 Å². The topological polar surface area (TPSA) is 72.2 Å². The normalized spacial score (nSPS) is 12.5. The van der Waals surface area contributed by atoms with Crippen molar-refractivity contribution in [3.05, 3.63) is 0 Å². The molecule has 0 amide bonds. The molecule has 88 valence electrons. The van der Waals surface area contributed by atoms with Crippen molar-refractivity contribution in [3.63, 3.8) is 0 Å². The van der Waals surface area contributed by atoms with Crippen LogP contribution in [0.5, 0.6) is 0 Å². The zero-order valence-electron chi connectivity index (χ0n) is 9.71. The lowest BCUT2D eigenvalue weighted by atomic mass is 10.1. The highest BCUT2D eigenvalue weighted by atomic mass is 16.1. The first-order chi connectivity index (χ1) is 7.07. The van der Waals surface area contributed by atoms with Crippen molar-refractivity contribution in [1.82, 2.24) is 5.32 Å². The molecule has 0 fully saturated rings. The van der Waals surface area contributed by atoms with Crippen LogP contribution in [0.2, 0.25) is 0 Å². The minimum Gasteiger partial charge on any atom is -0.330 e. The van der Waals surface area contributed by atoms with E-state index in [1.54, 1.807) is 13.8 Å². The predicted octanol–water partition coefficient (Wildman–Crippen LogP) is 0.642. The van der Waals surface area contributed by atoms with E-state index in [9.17, 15) is 9.59 Å². The summed E-state index contributed by atoms with van der Waals surface area (Å²) in [5.41, 5.74) is 5.38. The van der Waals surface area contributed by atoms with Gasteiger partial charge in [0, 0.05) is 13.0 Å². The van der Waals surface area contributed by atoms with Gasteiger partial charge < -0.3 is 11.1 Å². The Morgan fingerprint density at radius 2 is 1.93 bits per heavy atom. The van der Waals surface area contributed by atoms with Gasteiger partial charge in [0.2, 0.25) is 0 Å².